The number of rotatable bonds is 4. The summed E-state index contributed by atoms with van der Waals surface area (Å²) in [5.41, 5.74) is 1.32. The highest BCUT2D eigenvalue weighted by Gasteiger charge is 2.43. The number of hydrogen-bond donors (Lipinski definition) is 1. The second-order valence-corrected chi connectivity index (χ2v) is 8.52. The third kappa shape index (κ3) is 3.37. The Morgan fingerprint density at radius 2 is 2.00 bits per heavy atom. The fourth-order valence-corrected chi connectivity index (χ4v) is 4.91. The lowest BCUT2D eigenvalue weighted by Crippen LogP contribution is -2.53. The lowest BCUT2D eigenvalue weighted by atomic mass is 9.98. The molecule has 1 N–H and O–H groups in total. The molecule has 4 rings (SSSR count). The predicted octanol–water partition coefficient (Wildman–Crippen LogP) is 2.06. The maximum Gasteiger partial charge on any atom is 0.257 e. The molecule has 3 fully saturated rings. The standard InChI is InChI=1S/C20H30N4O3/c1-12(2)23-8-9-24-15(11-23)10-16(20(24)26)21-19(25)17-13(3)27-22-18(17)14-6-4-5-7-14/h12,14-16H,4-11H2,1-3H3,(H,21,25). The highest BCUT2D eigenvalue weighted by molar-refractivity contribution is 5.99. The third-order valence-electron chi connectivity index (χ3n) is 6.50. The molecule has 2 unspecified atom stereocenters. The average molecular weight is 374 g/mol. The molecule has 2 amide bonds. The van der Waals surface area contributed by atoms with E-state index in [1.807, 2.05) is 4.90 Å². The van der Waals surface area contributed by atoms with Gasteiger partial charge in [0.05, 0.1) is 5.69 Å². The first-order valence-corrected chi connectivity index (χ1v) is 10.3. The lowest BCUT2D eigenvalue weighted by Gasteiger charge is -2.39. The summed E-state index contributed by atoms with van der Waals surface area (Å²) in [6.45, 7) is 8.68. The van der Waals surface area contributed by atoms with Gasteiger partial charge < -0.3 is 14.7 Å². The van der Waals surface area contributed by atoms with E-state index in [0.29, 0.717) is 29.7 Å². The normalized spacial score (nSPS) is 26.8. The molecular formula is C20H30N4O3. The fraction of sp³-hybridized carbons (Fsp3) is 0.750. The molecule has 2 aliphatic heterocycles. The van der Waals surface area contributed by atoms with Crippen LogP contribution in [0.15, 0.2) is 4.52 Å². The van der Waals surface area contributed by atoms with Crippen LogP contribution in [0.3, 0.4) is 0 Å². The van der Waals surface area contributed by atoms with E-state index in [1.54, 1.807) is 6.92 Å². The number of nitrogens with zero attached hydrogens (tertiary/aromatic N) is 3. The molecule has 0 bridgehead atoms. The van der Waals surface area contributed by atoms with Gasteiger partial charge in [-0.05, 0) is 40.0 Å². The van der Waals surface area contributed by atoms with Crippen LogP contribution in [0.2, 0.25) is 0 Å². The van der Waals surface area contributed by atoms with Crippen LogP contribution in [-0.2, 0) is 4.79 Å². The SMILES string of the molecule is Cc1onc(C2CCCC2)c1C(=O)NC1CC2CN(C(C)C)CCN2C1=O. The van der Waals surface area contributed by atoms with Gasteiger partial charge in [-0.2, -0.15) is 0 Å². The first-order valence-electron chi connectivity index (χ1n) is 10.3. The zero-order valence-electron chi connectivity index (χ0n) is 16.5. The Morgan fingerprint density at radius 3 is 2.70 bits per heavy atom. The van der Waals surface area contributed by atoms with Crippen LogP contribution in [0.5, 0.6) is 0 Å². The van der Waals surface area contributed by atoms with Crippen molar-refractivity contribution in [3.05, 3.63) is 17.0 Å². The Bertz CT molecular complexity index is 723. The van der Waals surface area contributed by atoms with Crippen molar-refractivity contribution in [2.45, 2.75) is 76.9 Å². The Hall–Kier alpha value is -1.89. The molecule has 7 heteroatoms. The number of carbonyl (C=O) groups is 2. The van der Waals surface area contributed by atoms with Crippen molar-refractivity contribution in [3.63, 3.8) is 0 Å². The van der Waals surface area contributed by atoms with Crippen LogP contribution >= 0.6 is 0 Å². The van der Waals surface area contributed by atoms with Crippen LogP contribution in [-0.4, -0.2) is 64.5 Å². The molecule has 7 nitrogen and oxygen atoms in total. The first-order chi connectivity index (χ1) is 13.0. The van der Waals surface area contributed by atoms with E-state index in [4.69, 9.17) is 4.52 Å². The van der Waals surface area contributed by atoms with Crippen molar-refractivity contribution < 1.29 is 14.1 Å². The van der Waals surface area contributed by atoms with Crippen molar-refractivity contribution in [2.24, 2.45) is 0 Å². The van der Waals surface area contributed by atoms with E-state index in [9.17, 15) is 9.59 Å². The summed E-state index contributed by atoms with van der Waals surface area (Å²) in [4.78, 5) is 30.1. The Balaban J connectivity index is 1.46. The number of nitrogens with one attached hydrogen (secondary N) is 1. The molecular weight excluding hydrogens is 344 g/mol. The topological polar surface area (TPSA) is 78.7 Å². The molecule has 0 spiro atoms. The van der Waals surface area contributed by atoms with Gasteiger partial charge in [0.1, 0.15) is 17.4 Å². The smallest absolute Gasteiger partial charge is 0.257 e. The van der Waals surface area contributed by atoms with Gasteiger partial charge in [0.2, 0.25) is 5.91 Å². The summed E-state index contributed by atoms with van der Waals surface area (Å²) in [6.07, 6.45) is 5.12. The lowest BCUT2D eigenvalue weighted by molar-refractivity contribution is -0.132. The van der Waals surface area contributed by atoms with Gasteiger partial charge in [-0.15, -0.1) is 0 Å². The number of hydrogen-bond acceptors (Lipinski definition) is 5. The Morgan fingerprint density at radius 1 is 1.26 bits per heavy atom. The number of piperazine rings is 1. The third-order valence-corrected chi connectivity index (χ3v) is 6.50. The van der Waals surface area contributed by atoms with E-state index in [-0.39, 0.29) is 17.9 Å². The summed E-state index contributed by atoms with van der Waals surface area (Å²) in [6, 6.07) is 0.224. The van der Waals surface area contributed by atoms with Gasteiger partial charge in [0.15, 0.2) is 0 Å². The van der Waals surface area contributed by atoms with E-state index in [0.717, 1.165) is 38.2 Å². The number of aromatic nitrogens is 1. The summed E-state index contributed by atoms with van der Waals surface area (Å²) < 4.78 is 5.34. The first kappa shape index (κ1) is 18.5. The number of amides is 2. The zero-order valence-corrected chi connectivity index (χ0v) is 16.5. The molecule has 3 aliphatic rings. The fourth-order valence-electron chi connectivity index (χ4n) is 4.91. The van der Waals surface area contributed by atoms with E-state index in [1.165, 1.54) is 12.8 Å². The van der Waals surface area contributed by atoms with Gasteiger partial charge in [0, 0.05) is 37.6 Å². The van der Waals surface area contributed by atoms with Crippen LogP contribution in [0.25, 0.3) is 0 Å². The van der Waals surface area contributed by atoms with Crippen LogP contribution in [0.4, 0.5) is 0 Å². The molecule has 1 aromatic rings. The second kappa shape index (κ2) is 7.26. The van der Waals surface area contributed by atoms with E-state index >= 15 is 0 Å². The summed E-state index contributed by atoms with van der Waals surface area (Å²) in [5.74, 6) is 0.680. The molecule has 1 aromatic heterocycles. The minimum Gasteiger partial charge on any atom is -0.361 e. The molecule has 1 saturated carbocycles. The second-order valence-electron chi connectivity index (χ2n) is 8.52. The minimum absolute atomic E-state index is 0.0493. The predicted molar refractivity (Wildman–Crippen MR) is 101 cm³/mol. The van der Waals surface area contributed by atoms with Crippen LogP contribution < -0.4 is 5.32 Å². The van der Waals surface area contributed by atoms with Crippen LogP contribution in [0, 0.1) is 6.92 Å². The average Bonchev–Trinajstić information content (AvgIpc) is 3.35. The van der Waals surface area contributed by atoms with Crippen molar-refractivity contribution in [1.29, 1.82) is 0 Å². The van der Waals surface area contributed by atoms with Gasteiger partial charge in [-0.1, -0.05) is 18.0 Å². The quantitative estimate of drug-likeness (QED) is 0.873. The van der Waals surface area contributed by atoms with Gasteiger partial charge in [-0.25, -0.2) is 0 Å². The van der Waals surface area contributed by atoms with E-state index < -0.39 is 6.04 Å². The molecule has 2 atom stereocenters. The maximum atomic E-state index is 13.0. The zero-order chi connectivity index (χ0) is 19.1. The molecule has 0 radical (unpaired) electrons. The van der Waals surface area contributed by atoms with Gasteiger partial charge >= 0.3 is 0 Å². The highest BCUT2D eigenvalue weighted by atomic mass is 16.5. The molecule has 0 aromatic carbocycles. The Kier molecular flexibility index (Phi) is 4.97. The maximum absolute atomic E-state index is 13.0. The molecule has 2 saturated heterocycles. The van der Waals surface area contributed by atoms with Crippen molar-refractivity contribution in [2.75, 3.05) is 19.6 Å². The monoisotopic (exact) mass is 374 g/mol. The molecule has 148 valence electrons. The number of aryl methyl sites for hydroxylation is 1. The highest BCUT2D eigenvalue weighted by Crippen LogP contribution is 2.36. The van der Waals surface area contributed by atoms with E-state index in [2.05, 4.69) is 29.2 Å². The number of fused-ring (bicyclic) bond motifs is 1. The van der Waals surface area contributed by atoms with Crippen molar-refractivity contribution in [3.8, 4) is 0 Å². The van der Waals surface area contributed by atoms with Gasteiger partial charge in [0.25, 0.3) is 5.91 Å². The summed E-state index contributed by atoms with van der Waals surface area (Å²) in [7, 11) is 0. The number of carbonyl (C=O) groups excluding carboxylic acids is 2. The largest absolute Gasteiger partial charge is 0.361 e. The summed E-state index contributed by atoms with van der Waals surface area (Å²) >= 11 is 0. The Labute approximate surface area is 160 Å². The molecule has 27 heavy (non-hydrogen) atoms. The molecule has 1 aliphatic carbocycles. The van der Waals surface area contributed by atoms with Crippen LogP contribution in [0.1, 0.15) is 73.7 Å². The molecule has 3 heterocycles. The van der Waals surface area contributed by atoms with Crippen molar-refractivity contribution in [1.82, 2.24) is 20.3 Å². The minimum atomic E-state index is -0.444. The summed E-state index contributed by atoms with van der Waals surface area (Å²) in [5, 5.41) is 7.16. The van der Waals surface area contributed by atoms with Gasteiger partial charge in [-0.3, -0.25) is 14.5 Å². The van der Waals surface area contributed by atoms with Crippen molar-refractivity contribution >= 4 is 11.8 Å².